The molecule has 0 saturated carbocycles. The predicted molar refractivity (Wildman–Crippen MR) is 75.7 cm³/mol. The summed E-state index contributed by atoms with van der Waals surface area (Å²) in [6, 6.07) is 14.6. The molecule has 3 nitrogen and oxygen atoms in total. The third kappa shape index (κ3) is 2.59. The summed E-state index contributed by atoms with van der Waals surface area (Å²) in [4.78, 5) is 0. The van der Waals surface area contributed by atoms with Gasteiger partial charge in [0.25, 0.3) is 0 Å². The average Bonchev–Trinajstić information content (AvgIpc) is 2.90. The average molecular weight is 267 g/mol. The molecule has 0 aliphatic rings. The topological polar surface area (TPSA) is 30.7 Å². The molecule has 0 bridgehead atoms. The molecule has 100 valence electrons. The first-order chi connectivity index (χ1) is 9.72. The quantitative estimate of drug-likeness (QED) is 0.727. The van der Waals surface area contributed by atoms with Crippen molar-refractivity contribution in [2.24, 2.45) is 0 Å². The van der Waals surface area contributed by atoms with E-state index in [2.05, 4.69) is 10.2 Å². The van der Waals surface area contributed by atoms with Gasteiger partial charge in [-0.3, -0.25) is 0 Å². The van der Waals surface area contributed by atoms with E-state index in [1.54, 1.807) is 18.5 Å². The molecule has 1 aromatic heterocycles. The van der Waals surface area contributed by atoms with E-state index < -0.39 is 0 Å². The number of hydrogen-bond acceptors (Lipinski definition) is 2. The highest BCUT2D eigenvalue weighted by Gasteiger charge is 2.07. The maximum atomic E-state index is 12.9. The number of aromatic nitrogens is 3. The second-order valence-corrected chi connectivity index (χ2v) is 4.77. The Kier molecular flexibility index (Phi) is 3.29. The monoisotopic (exact) mass is 267 g/mol. The molecule has 0 fully saturated rings. The van der Waals surface area contributed by atoms with Crippen molar-refractivity contribution in [2.75, 3.05) is 0 Å². The van der Waals surface area contributed by atoms with E-state index in [4.69, 9.17) is 0 Å². The van der Waals surface area contributed by atoms with E-state index in [1.807, 2.05) is 35.8 Å². The Morgan fingerprint density at radius 1 is 1.00 bits per heavy atom. The maximum Gasteiger partial charge on any atom is 0.164 e. The molecule has 0 aliphatic heterocycles. The Labute approximate surface area is 116 Å². The van der Waals surface area contributed by atoms with Crippen LogP contribution in [0.5, 0.6) is 0 Å². The molecule has 1 heterocycles. The summed E-state index contributed by atoms with van der Waals surface area (Å²) in [5.41, 5.74) is 3.24. The Morgan fingerprint density at radius 2 is 1.70 bits per heavy atom. The van der Waals surface area contributed by atoms with Crippen LogP contribution in [0.3, 0.4) is 0 Å². The van der Waals surface area contributed by atoms with Gasteiger partial charge in [-0.15, -0.1) is 10.2 Å². The molecule has 0 amide bonds. The molecule has 0 aliphatic carbocycles. The van der Waals surface area contributed by atoms with Gasteiger partial charge in [-0.05, 0) is 24.6 Å². The highest BCUT2D eigenvalue weighted by molar-refractivity contribution is 5.55. The van der Waals surface area contributed by atoms with Crippen molar-refractivity contribution in [1.82, 2.24) is 14.8 Å². The number of rotatable bonds is 3. The third-order valence-electron chi connectivity index (χ3n) is 3.19. The molecule has 0 atom stereocenters. The zero-order chi connectivity index (χ0) is 13.9. The summed E-state index contributed by atoms with van der Waals surface area (Å²) in [7, 11) is 0. The lowest BCUT2D eigenvalue weighted by Gasteiger charge is -2.07. The van der Waals surface area contributed by atoms with Crippen molar-refractivity contribution in [1.29, 1.82) is 0 Å². The fourth-order valence-electron chi connectivity index (χ4n) is 2.08. The van der Waals surface area contributed by atoms with Gasteiger partial charge in [0.15, 0.2) is 5.82 Å². The molecule has 2 aromatic carbocycles. The van der Waals surface area contributed by atoms with E-state index >= 15 is 0 Å². The molecule has 0 spiro atoms. The highest BCUT2D eigenvalue weighted by Crippen LogP contribution is 2.18. The molecule has 3 aromatic rings. The van der Waals surface area contributed by atoms with Gasteiger partial charge in [-0.2, -0.15) is 0 Å². The zero-order valence-corrected chi connectivity index (χ0v) is 11.1. The third-order valence-corrected chi connectivity index (χ3v) is 3.19. The summed E-state index contributed by atoms with van der Waals surface area (Å²) < 4.78 is 14.9. The molecular weight excluding hydrogens is 253 g/mol. The summed E-state index contributed by atoms with van der Waals surface area (Å²) in [5.74, 6) is 0.589. The van der Waals surface area contributed by atoms with Crippen LogP contribution in [0.15, 0.2) is 54.9 Å². The Bertz CT molecular complexity index is 699. The molecule has 0 saturated heterocycles. The predicted octanol–water partition coefficient (Wildman–Crippen LogP) is 3.44. The van der Waals surface area contributed by atoms with Gasteiger partial charge in [0.1, 0.15) is 12.1 Å². The largest absolute Gasteiger partial charge is 0.309 e. The van der Waals surface area contributed by atoms with Gasteiger partial charge in [0, 0.05) is 5.56 Å². The Hall–Kier alpha value is -2.49. The second kappa shape index (κ2) is 5.25. The van der Waals surface area contributed by atoms with Crippen molar-refractivity contribution in [2.45, 2.75) is 13.5 Å². The van der Waals surface area contributed by atoms with Gasteiger partial charge in [-0.1, -0.05) is 42.0 Å². The van der Waals surface area contributed by atoms with Crippen molar-refractivity contribution < 1.29 is 4.39 Å². The van der Waals surface area contributed by atoms with Crippen molar-refractivity contribution in [3.05, 3.63) is 71.8 Å². The molecule has 3 rings (SSSR count). The van der Waals surface area contributed by atoms with Crippen LogP contribution in [0, 0.1) is 12.7 Å². The lowest BCUT2D eigenvalue weighted by Crippen LogP contribution is -2.01. The standard InChI is InChI=1S/C16H14FN3/c1-12-2-6-14(7-3-12)16-19-18-11-20(16)10-13-4-8-15(17)9-5-13/h2-9,11H,10H2,1H3. The second-order valence-electron chi connectivity index (χ2n) is 4.77. The van der Waals surface area contributed by atoms with Crippen LogP contribution in [-0.4, -0.2) is 14.8 Å². The number of nitrogens with zero attached hydrogens (tertiary/aromatic N) is 3. The Morgan fingerprint density at radius 3 is 2.40 bits per heavy atom. The first kappa shape index (κ1) is 12.5. The number of hydrogen-bond donors (Lipinski definition) is 0. The van der Waals surface area contributed by atoms with Crippen molar-refractivity contribution >= 4 is 0 Å². The minimum Gasteiger partial charge on any atom is -0.309 e. The molecular formula is C16H14FN3. The van der Waals surface area contributed by atoms with Gasteiger partial charge in [0.05, 0.1) is 6.54 Å². The summed E-state index contributed by atoms with van der Waals surface area (Å²) in [6.45, 7) is 2.67. The Balaban J connectivity index is 1.90. The highest BCUT2D eigenvalue weighted by atomic mass is 19.1. The van der Waals surface area contributed by atoms with E-state index in [9.17, 15) is 4.39 Å². The lowest BCUT2D eigenvalue weighted by atomic mass is 10.1. The summed E-state index contributed by atoms with van der Waals surface area (Å²) in [5, 5.41) is 8.14. The van der Waals surface area contributed by atoms with Crippen LogP contribution in [0.25, 0.3) is 11.4 Å². The minimum atomic E-state index is -0.226. The first-order valence-corrected chi connectivity index (χ1v) is 6.42. The van der Waals surface area contributed by atoms with Crippen LogP contribution < -0.4 is 0 Å². The van der Waals surface area contributed by atoms with E-state index in [0.717, 1.165) is 17.0 Å². The molecule has 0 unspecified atom stereocenters. The minimum absolute atomic E-state index is 0.226. The van der Waals surface area contributed by atoms with Crippen LogP contribution in [0.1, 0.15) is 11.1 Å². The van der Waals surface area contributed by atoms with Gasteiger partial charge < -0.3 is 4.57 Å². The fraction of sp³-hybridized carbons (Fsp3) is 0.125. The smallest absolute Gasteiger partial charge is 0.164 e. The molecule has 4 heteroatoms. The van der Waals surface area contributed by atoms with Crippen LogP contribution in [0.4, 0.5) is 4.39 Å². The van der Waals surface area contributed by atoms with Crippen molar-refractivity contribution in [3.63, 3.8) is 0 Å². The first-order valence-electron chi connectivity index (χ1n) is 6.42. The zero-order valence-electron chi connectivity index (χ0n) is 11.1. The van der Waals surface area contributed by atoms with Gasteiger partial charge >= 0.3 is 0 Å². The number of benzene rings is 2. The van der Waals surface area contributed by atoms with Crippen LogP contribution >= 0.6 is 0 Å². The van der Waals surface area contributed by atoms with Crippen molar-refractivity contribution in [3.8, 4) is 11.4 Å². The fourth-order valence-corrected chi connectivity index (χ4v) is 2.08. The van der Waals surface area contributed by atoms with E-state index in [1.165, 1.54) is 17.7 Å². The van der Waals surface area contributed by atoms with E-state index in [-0.39, 0.29) is 5.82 Å². The number of aryl methyl sites for hydroxylation is 1. The summed E-state index contributed by atoms with van der Waals surface area (Å²) >= 11 is 0. The van der Waals surface area contributed by atoms with Crippen LogP contribution in [0.2, 0.25) is 0 Å². The molecule has 0 N–H and O–H groups in total. The summed E-state index contributed by atoms with van der Waals surface area (Å²) in [6.07, 6.45) is 1.69. The van der Waals surface area contributed by atoms with Crippen LogP contribution in [-0.2, 0) is 6.54 Å². The van der Waals surface area contributed by atoms with Gasteiger partial charge in [0.2, 0.25) is 0 Å². The van der Waals surface area contributed by atoms with Gasteiger partial charge in [-0.25, -0.2) is 4.39 Å². The van der Waals surface area contributed by atoms with E-state index in [0.29, 0.717) is 6.54 Å². The lowest BCUT2D eigenvalue weighted by molar-refractivity contribution is 0.626. The normalized spacial score (nSPS) is 10.7. The number of halogens is 1. The SMILES string of the molecule is Cc1ccc(-c2nncn2Cc2ccc(F)cc2)cc1. The maximum absolute atomic E-state index is 12.9. The molecule has 20 heavy (non-hydrogen) atoms. The molecule has 0 radical (unpaired) electrons.